The van der Waals surface area contributed by atoms with Crippen molar-refractivity contribution in [2.24, 2.45) is 12.8 Å². The molecular formula is C20H27N5O5S. The highest BCUT2D eigenvalue weighted by Crippen LogP contribution is 2.33. The number of fused-ring (bicyclic) bond motifs is 1. The molecule has 10 nitrogen and oxygen atoms in total. The number of carbonyl (C=O) groups is 1. The number of rotatable bonds is 5. The second-order valence-electron chi connectivity index (χ2n) is 7.97. The number of amides is 1. The molecule has 11 heteroatoms. The first-order valence-corrected chi connectivity index (χ1v) is 10.7. The molecule has 1 fully saturated rings. The van der Waals surface area contributed by atoms with E-state index in [1.165, 1.54) is 11.6 Å². The monoisotopic (exact) mass is 449 g/mol. The van der Waals surface area contributed by atoms with Crippen LogP contribution in [0.5, 0.6) is 0 Å². The average molecular weight is 450 g/mol. The normalized spacial score (nSPS) is 17.5. The predicted octanol–water partition coefficient (Wildman–Crippen LogP) is 0.906. The van der Waals surface area contributed by atoms with E-state index in [0.29, 0.717) is 21.0 Å². The zero-order valence-electron chi connectivity index (χ0n) is 18.2. The van der Waals surface area contributed by atoms with E-state index in [9.17, 15) is 19.5 Å². The largest absolute Gasteiger partial charge is 0.402 e. The van der Waals surface area contributed by atoms with Gasteiger partial charge in [-0.2, -0.15) is 0 Å². The number of aromatic nitrogens is 2. The standard InChI is InChI=1S/C20H27N5O5S/c1-9(2)25-19-16(17(27)23(5)20(25)29)15(18(28)24-7-12(26)8-30-24)14(31-19)6-13(10(3)21)11(4)22/h9,12,21,26H,6-8,22H2,1-5H3. The van der Waals surface area contributed by atoms with Crippen LogP contribution in [0.15, 0.2) is 20.9 Å². The fourth-order valence-electron chi connectivity index (χ4n) is 3.61. The van der Waals surface area contributed by atoms with Crippen molar-refractivity contribution in [3.05, 3.63) is 42.5 Å². The number of aliphatic hydroxyl groups is 1. The molecule has 2 aromatic rings. The Morgan fingerprint density at radius 2 is 2.00 bits per heavy atom. The Hall–Kier alpha value is -2.76. The van der Waals surface area contributed by atoms with E-state index < -0.39 is 23.3 Å². The summed E-state index contributed by atoms with van der Waals surface area (Å²) >= 11 is 1.16. The summed E-state index contributed by atoms with van der Waals surface area (Å²) < 4.78 is 2.47. The van der Waals surface area contributed by atoms with Crippen LogP contribution >= 0.6 is 11.3 Å². The van der Waals surface area contributed by atoms with Gasteiger partial charge < -0.3 is 16.2 Å². The molecule has 3 rings (SSSR count). The molecule has 1 aliphatic rings. The van der Waals surface area contributed by atoms with Crippen LogP contribution in [-0.4, -0.2) is 50.2 Å². The molecule has 0 saturated carbocycles. The van der Waals surface area contributed by atoms with Gasteiger partial charge in [0.2, 0.25) is 0 Å². The van der Waals surface area contributed by atoms with Gasteiger partial charge >= 0.3 is 5.69 Å². The van der Waals surface area contributed by atoms with E-state index in [-0.39, 0.29) is 42.3 Å². The Labute approximate surface area is 182 Å². The summed E-state index contributed by atoms with van der Waals surface area (Å²) in [6.45, 7) is 6.87. The van der Waals surface area contributed by atoms with Crippen LogP contribution in [0.4, 0.5) is 0 Å². The number of aliphatic hydroxyl groups excluding tert-OH is 1. The van der Waals surface area contributed by atoms with E-state index in [0.717, 1.165) is 21.0 Å². The number of carbonyl (C=O) groups excluding carboxylic acids is 1. The number of allylic oxidation sites excluding steroid dienone is 2. The Morgan fingerprint density at radius 3 is 2.48 bits per heavy atom. The molecule has 31 heavy (non-hydrogen) atoms. The van der Waals surface area contributed by atoms with Crippen molar-refractivity contribution in [2.75, 3.05) is 13.2 Å². The first-order valence-electron chi connectivity index (χ1n) is 9.86. The third kappa shape index (κ3) is 3.95. The molecule has 2 aromatic heterocycles. The van der Waals surface area contributed by atoms with Crippen LogP contribution < -0.4 is 17.0 Å². The first kappa shape index (κ1) is 22.9. The van der Waals surface area contributed by atoms with Gasteiger partial charge in [-0.15, -0.1) is 11.3 Å². The third-order valence-corrected chi connectivity index (χ3v) is 6.40. The van der Waals surface area contributed by atoms with Crippen molar-refractivity contribution in [2.45, 2.75) is 46.3 Å². The highest BCUT2D eigenvalue weighted by atomic mass is 32.1. The summed E-state index contributed by atoms with van der Waals surface area (Å²) in [7, 11) is 1.38. The summed E-state index contributed by atoms with van der Waals surface area (Å²) in [5.74, 6) is -0.569. The second-order valence-corrected chi connectivity index (χ2v) is 9.05. The molecule has 168 valence electrons. The lowest BCUT2D eigenvalue weighted by atomic mass is 10.0. The fraction of sp³-hybridized carbons (Fsp3) is 0.500. The van der Waals surface area contributed by atoms with Crippen molar-refractivity contribution in [3.63, 3.8) is 0 Å². The minimum absolute atomic E-state index is 0.0233. The molecule has 0 aliphatic carbocycles. The van der Waals surface area contributed by atoms with Gasteiger partial charge in [0.25, 0.3) is 11.5 Å². The predicted molar refractivity (Wildman–Crippen MR) is 119 cm³/mol. The molecule has 0 bridgehead atoms. The molecule has 1 amide bonds. The number of hydroxylamine groups is 2. The van der Waals surface area contributed by atoms with Gasteiger partial charge in [0, 0.05) is 35.8 Å². The summed E-state index contributed by atoms with van der Waals surface area (Å²) in [4.78, 5) is 45.5. The summed E-state index contributed by atoms with van der Waals surface area (Å²) in [6.07, 6.45) is -0.663. The van der Waals surface area contributed by atoms with Crippen molar-refractivity contribution in [1.82, 2.24) is 14.2 Å². The maximum Gasteiger partial charge on any atom is 0.332 e. The number of nitrogens with zero attached hydrogens (tertiary/aromatic N) is 3. The number of hydrogen-bond acceptors (Lipinski definition) is 8. The third-order valence-electron chi connectivity index (χ3n) is 5.22. The van der Waals surface area contributed by atoms with Crippen LogP contribution in [0.2, 0.25) is 0 Å². The minimum atomic E-state index is -0.820. The summed E-state index contributed by atoms with van der Waals surface area (Å²) in [5.41, 5.74) is 6.26. The molecule has 0 radical (unpaired) electrons. The number of nitrogens with two attached hydrogens (primary N) is 1. The minimum Gasteiger partial charge on any atom is -0.402 e. The molecule has 1 unspecified atom stereocenters. The van der Waals surface area contributed by atoms with E-state index in [2.05, 4.69) is 0 Å². The lowest BCUT2D eigenvalue weighted by Crippen LogP contribution is -2.39. The summed E-state index contributed by atoms with van der Waals surface area (Å²) in [5, 5.41) is 19.0. The molecule has 4 N–H and O–H groups in total. The SMILES string of the molecule is CC(=N)C(Cc1sc2c(c1C(=O)N1CC(O)CO1)c(=O)n(C)c(=O)n2C(C)C)=C(C)N. The van der Waals surface area contributed by atoms with Crippen LogP contribution in [-0.2, 0) is 18.3 Å². The number of thiophene rings is 1. The lowest BCUT2D eigenvalue weighted by Gasteiger charge is -2.16. The van der Waals surface area contributed by atoms with Crippen molar-refractivity contribution in [1.29, 1.82) is 5.41 Å². The first-order chi connectivity index (χ1) is 14.5. The Morgan fingerprint density at radius 1 is 1.35 bits per heavy atom. The second kappa shape index (κ2) is 8.40. The molecule has 1 atom stereocenters. The Kier molecular flexibility index (Phi) is 6.21. The van der Waals surface area contributed by atoms with Crippen molar-refractivity contribution >= 4 is 33.2 Å². The van der Waals surface area contributed by atoms with Gasteiger partial charge in [-0.3, -0.25) is 23.6 Å². The van der Waals surface area contributed by atoms with E-state index in [1.807, 2.05) is 13.8 Å². The van der Waals surface area contributed by atoms with E-state index >= 15 is 0 Å². The van der Waals surface area contributed by atoms with Gasteiger partial charge in [0.05, 0.1) is 17.5 Å². The van der Waals surface area contributed by atoms with Crippen LogP contribution in [0.3, 0.4) is 0 Å². The van der Waals surface area contributed by atoms with Crippen LogP contribution in [0.25, 0.3) is 10.2 Å². The number of β-amino-alcohol motifs (C(OH)–C–C–N with tert-alkyl or cyclic N) is 1. The molecule has 1 aliphatic heterocycles. The summed E-state index contributed by atoms with van der Waals surface area (Å²) in [6, 6.07) is -0.253. The highest BCUT2D eigenvalue weighted by Gasteiger charge is 2.33. The van der Waals surface area contributed by atoms with Crippen LogP contribution in [0.1, 0.15) is 49.0 Å². The molecule has 3 heterocycles. The zero-order chi connectivity index (χ0) is 23.2. The fourth-order valence-corrected chi connectivity index (χ4v) is 5.03. The Balaban J connectivity index is 2.38. The zero-order valence-corrected chi connectivity index (χ0v) is 19.0. The van der Waals surface area contributed by atoms with Gasteiger partial charge in [0.1, 0.15) is 17.5 Å². The molecule has 0 spiro atoms. The van der Waals surface area contributed by atoms with Crippen molar-refractivity contribution < 1.29 is 14.7 Å². The molecule has 0 aromatic carbocycles. The van der Waals surface area contributed by atoms with Gasteiger partial charge in [-0.1, -0.05) is 0 Å². The maximum atomic E-state index is 13.4. The van der Waals surface area contributed by atoms with Gasteiger partial charge in [-0.25, -0.2) is 9.86 Å². The van der Waals surface area contributed by atoms with Gasteiger partial charge in [-0.05, 0) is 33.3 Å². The van der Waals surface area contributed by atoms with Crippen LogP contribution in [0, 0.1) is 5.41 Å². The van der Waals surface area contributed by atoms with E-state index in [4.69, 9.17) is 16.0 Å². The van der Waals surface area contributed by atoms with Gasteiger partial charge in [0.15, 0.2) is 0 Å². The topological polar surface area (TPSA) is 144 Å². The molecule has 1 saturated heterocycles. The van der Waals surface area contributed by atoms with Crippen molar-refractivity contribution in [3.8, 4) is 0 Å². The smallest absolute Gasteiger partial charge is 0.332 e. The molecular weight excluding hydrogens is 422 g/mol. The lowest BCUT2D eigenvalue weighted by molar-refractivity contribution is -0.0778. The maximum absolute atomic E-state index is 13.4. The van der Waals surface area contributed by atoms with E-state index in [1.54, 1.807) is 13.8 Å². The quantitative estimate of drug-likeness (QED) is 0.579. The number of nitrogens with one attached hydrogen (secondary N) is 1. The highest BCUT2D eigenvalue weighted by molar-refractivity contribution is 7.19. The number of hydrogen-bond donors (Lipinski definition) is 3. The average Bonchev–Trinajstić information content (AvgIpc) is 3.27. The Bertz CT molecular complexity index is 1220.